The molecule has 0 saturated heterocycles. The van der Waals surface area contributed by atoms with Crippen molar-refractivity contribution in [3.63, 3.8) is 0 Å². The van der Waals surface area contributed by atoms with Crippen LogP contribution >= 0.6 is 0 Å². The molecule has 3 rings (SSSR count). The van der Waals surface area contributed by atoms with Gasteiger partial charge in [-0.3, -0.25) is 14.3 Å². The molecule has 0 unspecified atom stereocenters. The number of nitrogens with zero attached hydrogens (tertiary/aromatic N) is 2. The fourth-order valence-electron chi connectivity index (χ4n) is 2.21. The number of hydrogen-bond donors (Lipinski definition) is 1. The lowest BCUT2D eigenvalue weighted by atomic mass is 10.1. The van der Waals surface area contributed by atoms with E-state index in [1.54, 1.807) is 44.4 Å². The van der Waals surface area contributed by atoms with E-state index in [9.17, 15) is 13.2 Å². The van der Waals surface area contributed by atoms with Crippen LogP contribution in [0.5, 0.6) is 0 Å². The molecule has 0 spiro atoms. The summed E-state index contributed by atoms with van der Waals surface area (Å²) in [7, 11) is -1.73. The van der Waals surface area contributed by atoms with Crippen LogP contribution in [0, 0.1) is 0 Å². The van der Waals surface area contributed by atoms with E-state index in [0.29, 0.717) is 16.8 Å². The van der Waals surface area contributed by atoms with Crippen molar-refractivity contribution in [2.24, 2.45) is 7.05 Å². The third-order valence-corrected chi connectivity index (χ3v) is 4.82. The van der Waals surface area contributed by atoms with Crippen LogP contribution in [-0.2, 0) is 17.1 Å². The summed E-state index contributed by atoms with van der Waals surface area (Å²) in [5, 5.41) is 0. The van der Waals surface area contributed by atoms with Gasteiger partial charge < -0.3 is 4.42 Å². The van der Waals surface area contributed by atoms with Gasteiger partial charge in [-0.1, -0.05) is 6.07 Å². The highest BCUT2D eigenvalue weighted by molar-refractivity contribution is 7.92. The molecule has 8 heteroatoms. The molecule has 23 heavy (non-hydrogen) atoms. The van der Waals surface area contributed by atoms with Gasteiger partial charge in [0.05, 0.1) is 23.2 Å². The molecule has 0 aliphatic rings. The van der Waals surface area contributed by atoms with Gasteiger partial charge in [-0.2, -0.15) is 0 Å². The third-order valence-electron chi connectivity index (χ3n) is 3.52. The first-order valence-electron chi connectivity index (χ1n) is 6.95. The molecule has 0 saturated carbocycles. The molecular weight excluding hydrogens is 318 g/mol. The summed E-state index contributed by atoms with van der Waals surface area (Å²) in [4.78, 5) is 15.6. The molecule has 0 radical (unpaired) electrons. The average Bonchev–Trinajstić information content (AvgIpc) is 2.82. The van der Waals surface area contributed by atoms with Crippen LogP contribution in [0.25, 0.3) is 22.2 Å². The molecule has 0 atom stereocenters. The number of fused-ring (bicyclic) bond motifs is 1. The number of oxazole rings is 1. The minimum Gasteiger partial charge on any atom is -0.408 e. The molecule has 3 aromatic rings. The number of hydrogen-bond acceptors (Lipinski definition) is 5. The van der Waals surface area contributed by atoms with Gasteiger partial charge in [-0.25, -0.2) is 13.2 Å². The Morgan fingerprint density at radius 2 is 2.00 bits per heavy atom. The minimum absolute atomic E-state index is 0.0136. The van der Waals surface area contributed by atoms with Crippen molar-refractivity contribution in [2.75, 3.05) is 10.5 Å². The van der Waals surface area contributed by atoms with E-state index in [-0.39, 0.29) is 5.75 Å². The van der Waals surface area contributed by atoms with Gasteiger partial charge >= 0.3 is 5.76 Å². The zero-order chi connectivity index (χ0) is 16.6. The summed E-state index contributed by atoms with van der Waals surface area (Å²) in [5.41, 5.74) is 3.09. The monoisotopic (exact) mass is 333 g/mol. The fraction of sp³-hybridized carbons (Fsp3) is 0.200. The Labute approximate surface area is 132 Å². The van der Waals surface area contributed by atoms with E-state index >= 15 is 0 Å². The average molecular weight is 333 g/mol. The molecule has 0 fully saturated rings. The van der Waals surface area contributed by atoms with Crippen LogP contribution < -0.4 is 10.5 Å². The maximum atomic E-state index is 11.6. The Kier molecular flexibility index (Phi) is 3.69. The quantitative estimate of drug-likeness (QED) is 0.787. The van der Waals surface area contributed by atoms with E-state index in [0.717, 1.165) is 11.1 Å². The van der Waals surface area contributed by atoms with Crippen molar-refractivity contribution in [2.45, 2.75) is 6.92 Å². The Balaban J connectivity index is 2.05. The Hall–Kier alpha value is -2.61. The fourth-order valence-corrected chi connectivity index (χ4v) is 2.83. The largest absolute Gasteiger partial charge is 0.419 e. The summed E-state index contributed by atoms with van der Waals surface area (Å²) in [6.45, 7) is 1.56. The lowest BCUT2D eigenvalue weighted by Crippen LogP contribution is -2.14. The first-order chi connectivity index (χ1) is 10.9. The van der Waals surface area contributed by atoms with E-state index in [2.05, 4.69) is 9.71 Å². The molecule has 1 aromatic carbocycles. The molecule has 2 aromatic heterocycles. The second kappa shape index (κ2) is 5.54. The highest BCUT2D eigenvalue weighted by Gasteiger charge is 2.10. The Bertz CT molecular complexity index is 1030. The number of pyridine rings is 1. The van der Waals surface area contributed by atoms with Gasteiger partial charge in [0, 0.05) is 18.8 Å². The molecule has 120 valence electrons. The van der Waals surface area contributed by atoms with Crippen LogP contribution in [0.15, 0.2) is 45.9 Å². The lowest BCUT2D eigenvalue weighted by molar-refractivity contribution is 0.528. The molecule has 1 N–H and O–H groups in total. The zero-order valence-electron chi connectivity index (χ0n) is 12.6. The number of anilines is 1. The molecule has 0 amide bonds. The standard InChI is InChI=1S/C15H15N3O4S/c1-3-23(20,21)17-12-6-11(8-16-9-12)10-4-5-14-13(7-10)18(2)15(19)22-14/h4-9,17H,3H2,1-2H3. The number of rotatable bonds is 4. The van der Waals surface area contributed by atoms with Crippen molar-refractivity contribution in [3.8, 4) is 11.1 Å². The maximum absolute atomic E-state index is 11.6. The van der Waals surface area contributed by atoms with Gasteiger partial charge in [0.2, 0.25) is 10.0 Å². The van der Waals surface area contributed by atoms with Crippen molar-refractivity contribution < 1.29 is 12.8 Å². The topological polar surface area (TPSA) is 94.2 Å². The highest BCUT2D eigenvalue weighted by atomic mass is 32.2. The lowest BCUT2D eigenvalue weighted by Gasteiger charge is -2.08. The summed E-state index contributed by atoms with van der Waals surface area (Å²) >= 11 is 0. The number of nitrogens with one attached hydrogen (secondary N) is 1. The Morgan fingerprint density at radius 1 is 1.22 bits per heavy atom. The molecule has 7 nitrogen and oxygen atoms in total. The SMILES string of the molecule is CCS(=O)(=O)Nc1cncc(-c2ccc3oc(=O)n(C)c3c2)c1. The molecule has 2 heterocycles. The predicted octanol–water partition coefficient (Wildman–Crippen LogP) is 1.96. The van der Waals surface area contributed by atoms with Crippen LogP contribution in [0.2, 0.25) is 0 Å². The normalized spacial score (nSPS) is 11.7. The van der Waals surface area contributed by atoms with Crippen LogP contribution in [0.1, 0.15) is 6.92 Å². The maximum Gasteiger partial charge on any atom is 0.419 e. The van der Waals surface area contributed by atoms with E-state index in [4.69, 9.17) is 4.42 Å². The number of aromatic nitrogens is 2. The van der Waals surface area contributed by atoms with Crippen molar-refractivity contribution >= 4 is 26.8 Å². The molecule has 0 aliphatic heterocycles. The summed E-state index contributed by atoms with van der Waals surface area (Å²) in [5.74, 6) is -0.444. The first kappa shape index (κ1) is 15.3. The number of aryl methyl sites for hydroxylation is 1. The van der Waals surface area contributed by atoms with E-state index < -0.39 is 15.8 Å². The minimum atomic E-state index is -3.36. The second-order valence-electron chi connectivity index (χ2n) is 5.08. The number of benzene rings is 1. The van der Waals surface area contributed by atoms with Crippen LogP contribution in [0.3, 0.4) is 0 Å². The van der Waals surface area contributed by atoms with Crippen molar-refractivity contribution in [1.29, 1.82) is 0 Å². The van der Waals surface area contributed by atoms with Crippen LogP contribution in [0.4, 0.5) is 5.69 Å². The van der Waals surface area contributed by atoms with E-state index in [1.165, 1.54) is 10.8 Å². The molecular formula is C15H15N3O4S. The predicted molar refractivity (Wildman–Crippen MR) is 87.8 cm³/mol. The zero-order valence-corrected chi connectivity index (χ0v) is 13.4. The number of sulfonamides is 1. The van der Waals surface area contributed by atoms with Gasteiger partial charge in [0.15, 0.2) is 5.58 Å². The van der Waals surface area contributed by atoms with Gasteiger partial charge in [-0.05, 0) is 30.7 Å². The smallest absolute Gasteiger partial charge is 0.408 e. The summed E-state index contributed by atoms with van der Waals surface area (Å²) in [6.07, 6.45) is 3.08. The first-order valence-corrected chi connectivity index (χ1v) is 8.60. The van der Waals surface area contributed by atoms with Gasteiger partial charge in [-0.15, -0.1) is 0 Å². The van der Waals surface area contributed by atoms with Crippen molar-refractivity contribution in [1.82, 2.24) is 9.55 Å². The Morgan fingerprint density at radius 3 is 2.74 bits per heavy atom. The molecule has 0 aliphatic carbocycles. The van der Waals surface area contributed by atoms with Crippen molar-refractivity contribution in [3.05, 3.63) is 47.2 Å². The summed E-state index contributed by atoms with van der Waals surface area (Å²) in [6, 6.07) is 6.99. The van der Waals surface area contributed by atoms with Crippen LogP contribution in [-0.4, -0.2) is 23.7 Å². The van der Waals surface area contributed by atoms with Gasteiger partial charge in [0.25, 0.3) is 0 Å². The third kappa shape index (κ3) is 2.98. The van der Waals surface area contributed by atoms with Gasteiger partial charge in [0.1, 0.15) is 0 Å². The molecule has 0 bridgehead atoms. The summed E-state index contributed by atoms with van der Waals surface area (Å²) < 4.78 is 32.3. The second-order valence-corrected chi connectivity index (χ2v) is 7.09. The highest BCUT2D eigenvalue weighted by Crippen LogP contribution is 2.25. The van der Waals surface area contributed by atoms with E-state index in [1.807, 2.05) is 0 Å².